The second-order valence-corrected chi connectivity index (χ2v) is 11.0. The van der Waals surface area contributed by atoms with Crippen LogP contribution in [0.2, 0.25) is 0 Å². The van der Waals surface area contributed by atoms with Crippen LogP contribution in [0.15, 0.2) is 65.1 Å². The summed E-state index contributed by atoms with van der Waals surface area (Å²) in [6.45, 7) is 8.13. The fraction of sp³-hybridized carbons (Fsp3) is 0.345. The van der Waals surface area contributed by atoms with E-state index in [1.807, 2.05) is 64.1 Å². The number of carbonyl (C=O) groups excluding carboxylic acids is 1. The van der Waals surface area contributed by atoms with Crippen LogP contribution in [0.3, 0.4) is 0 Å². The molecule has 214 valence electrons. The number of pyridine rings is 1. The Bertz CT molecular complexity index is 1610. The Morgan fingerprint density at radius 2 is 1.98 bits per heavy atom. The molecule has 0 unspecified atom stereocenters. The van der Waals surface area contributed by atoms with E-state index < -0.39 is 11.2 Å². The maximum Gasteiger partial charge on any atom is 0.410 e. The third-order valence-corrected chi connectivity index (χ3v) is 6.78. The molecule has 12 nitrogen and oxygen atoms in total. The number of aromatic amines is 1. The molecule has 0 aliphatic carbocycles. The van der Waals surface area contributed by atoms with Crippen molar-refractivity contribution in [3.63, 3.8) is 0 Å². The van der Waals surface area contributed by atoms with Gasteiger partial charge in [-0.15, -0.1) is 0 Å². The van der Waals surface area contributed by atoms with Crippen LogP contribution in [0.25, 0.3) is 5.65 Å². The zero-order chi connectivity index (χ0) is 29.2. The topological polar surface area (TPSA) is 156 Å². The highest BCUT2D eigenvalue weighted by Gasteiger charge is 2.39. The molecule has 5 rings (SSSR count). The van der Waals surface area contributed by atoms with Gasteiger partial charge in [0.2, 0.25) is 0 Å². The van der Waals surface area contributed by atoms with Crippen LogP contribution in [0.5, 0.6) is 11.5 Å². The Morgan fingerprint density at radius 3 is 2.68 bits per heavy atom. The van der Waals surface area contributed by atoms with Gasteiger partial charge < -0.3 is 30.2 Å². The predicted molar refractivity (Wildman–Crippen MR) is 155 cm³/mol. The Kier molecular flexibility index (Phi) is 7.50. The predicted octanol–water partition coefficient (Wildman–Crippen LogP) is 4.44. The van der Waals surface area contributed by atoms with E-state index in [2.05, 4.69) is 20.1 Å². The number of fused-ring (bicyclic) bond motifs is 1. The van der Waals surface area contributed by atoms with Crippen LogP contribution in [0, 0.1) is 6.92 Å². The summed E-state index contributed by atoms with van der Waals surface area (Å²) in [7, 11) is 0. The zero-order valence-electron chi connectivity index (χ0n) is 23.5. The van der Waals surface area contributed by atoms with Gasteiger partial charge in [0.1, 0.15) is 23.4 Å². The maximum absolute atomic E-state index is 12.5. The van der Waals surface area contributed by atoms with E-state index in [4.69, 9.17) is 20.2 Å². The average Bonchev–Trinajstić information content (AvgIpc) is 3.59. The van der Waals surface area contributed by atoms with Gasteiger partial charge in [-0.3, -0.25) is 0 Å². The van der Waals surface area contributed by atoms with Gasteiger partial charge in [0.25, 0.3) is 0 Å². The second kappa shape index (κ2) is 11.0. The number of hydrogen-bond donors (Lipinski definition) is 3. The van der Waals surface area contributed by atoms with Crippen LogP contribution in [-0.2, 0) is 10.3 Å². The Morgan fingerprint density at radius 1 is 1.20 bits per heavy atom. The number of nitrogens with one attached hydrogen (secondary N) is 1. The molecule has 1 aromatic carbocycles. The monoisotopic (exact) mass is 558 g/mol. The normalized spacial score (nSPS) is 15.9. The standard InChI is InChI=1S/C29H34N8O4/c1-19-15-20(5-6-23(19)40-21-8-12-37-24(16-21)33-18-34-37)35-26(32-17-30)25-22(7-11-31-25)29(39)9-13-36(14-10-29)27(38)41-28(2,3)4/h5-8,11-12,15-18,31,39H,9-10,13-14H2,1-4H3,(H2,30,32,35). The number of amidine groups is 1. The number of likely N-dealkylation sites (tertiary alicyclic amines) is 1. The summed E-state index contributed by atoms with van der Waals surface area (Å²) in [5, 5.41) is 15.7. The number of nitrogens with zero attached hydrogens (tertiary/aromatic N) is 6. The molecule has 12 heteroatoms. The lowest BCUT2D eigenvalue weighted by Gasteiger charge is -2.38. The summed E-state index contributed by atoms with van der Waals surface area (Å²) >= 11 is 0. The van der Waals surface area contributed by atoms with Gasteiger partial charge in [-0.05, 0) is 76.4 Å². The Balaban J connectivity index is 1.35. The number of aryl methyl sites for hydroxylation is 1. The van der Waals surface area contributed by atoms with Crippen molar-refractivity contribution >= 4 is 29.6 Å². The molecule has 1 saturated heterocycles. The lowest BCUT2D eigenvalue weighted by molar-refractivity contribution is -0.0356. The molecular formula is C29H34N8O4. The van der Waals surface area contributed by atoms with Crippen LogP contribution < -0.4 is 10.5 Å². The number of aromatic nitrogens is 4. The van der Waals surface area contributed by atoms with Crippen LogP contribution in [-0.4, -0.2) is 66.5 Å². The van der Waals surface area contributed by atoms with E-state index in [1.54, 1.807) is 21.8 Å². The molecule has 4 aromatic rings. The minimum atomic E-state index is -1.18. The summed E-state index contributed by atoms with van der Waals surface area (Å²) in [4.78, 5) is 30.5. The summed E-state index contributed by atoms with van der Waals surface area (Å²) in [5.74, 6) is 1.63. The minimum Gasteiger partial charge on any atom is -0.457 e. The molecule has 1 aliphatic heterocycles. The van der Waals surface area contributed by atoms with Crippen molar-refractivity contribution in [2.75, 3.05) is 13.1 Å². The molecule has 1 aliphatic rings. The number of H-pyrrole nitrogens is 1. The number of piperidine rings is 1. The van der Waals surface area contributed by atoms with Gasteiger partial charge in [-0.2, -0.15) is 5.10 Å². The molecule has 0 bridgehead atoms. The summed E-state index contributed by atoms with van der Waals surface area (Å²) in [6, 6.07) is 11.0. The first-order valence-electron chi connectivity index (χ1n) is 13.3. The number of hydrogen-bond acceptors (Lipinski definition) is 7. The fourth-order valence-corrected chi connectivity index (χ4v) is 4.74. The van der Waals surface area contributed by atoms with E-state index in [9.17, 15) is 9.90 Å². The lowest BCUT2D eigenvalue weighted by Crippen LogP contribution is -2.47. The molecule has 0 spiro atoms. The molecule has 4 N–H and O–H groups in total. The molecule has 1 amide bonds. The minimum absolute atomic E-state index is 0.320. The number of benzene rings is 1. The van der Waals surface area contributed by atoms with Gasteiger partial charge in [-0.1, -0.05) is 0 Å². The van der Waals surface area contributed by atoms with Crippen molar-refractivity contribution in [3.8, 4) is 11.5 Å². The van der Waals surface area contributed by atoms with E-state index in [0.29, 0.717) is 65.9 Å². The zero-order valence-corrected chi connectivity index (χ0v) is 23.5. The molecule has 1 fully saturated rings. The van der Waals surface area contributed by atoms with Crippen molar-refractivity contribution in [2.45, 2.75) is 51.7 Å². The highest BCUT2D eigenvalue weighted by molar-refractivity contribution is 6.04. The van der Waals surface area contributed by atoms with Gasteiger partial charge in [0, 0.05) is 37.1 Å². The van der Waals surface area contributed by atoms with E-state index in [0.717, 1.165) is 5.56 Å². The Labute approximate surface area is 237 Å². The third kappa shape index (κ3) is 6.22. The fourth-order valence-electron chi connectivity index (χ4n) is 4.74. The quantitative estimate of drug-likeness (QED) is 0.241. The van der Waals surface area contributed by atoms with Gasteiger partial charge in [0.05, 0.1) is 23.3 Å². The first-order valence-corrected chi connectivity index (χ1v) is 13.3. The molecule has 41 heavy (non-hydrogen) atoms. The van der Waals surface area contributed by atoms with E-state index in [1.165, 1.54) is 12.7 Å². The molecule has 0 radical (unpaired) electrons. The number of aliphatic imine (C=N–C) groups is 2. The molecule has 0 saturated carbocycles. The SMILES string of the molecule is Cc1cc(N=C(N=CN)c2[nH]ccc2C2(O)CCN(C(=O)OC(C)(C)C)CC2)ccc1Oc1ccn2ncnc2c1. The second-order valence-electron chi connectivity index (χ2n) is 11.0. The van der Waals surface area contributed by atoms with Crippen molar-refractivity contribution in [3.05, 3.63) is 71.9 Å². The first-order chi connectivity index (χ1) is 19.5. The first kappa shape index (κ1) is 27.8. The number of amides is 1. The summed E-state index contributed by atoms with van der Waals surface area (Å²) < 4.78 is 13.2. The molecule has 0 atom stereocenters. The van der Waals surface area contributed by atoms with Crippen molar-refractivity contribution in [2.24, 2.45) is 15.7 Å². The number of nitrogens with two attached hydrogens (primary N) is 1. The third-order valence-electron chi connectivity index (χ3n) is 6.78. The number of aliphatic hydroxyl groups is 1. The summed E-state index contributed by atoms with van der Waals surface area (Å²) in [6.07, 6.45) is 6.46. The largest absolute Gasteiger partial charge is 0.457 e. The van der Waals surface area contributed by atoms with Gasteiger partial charge in [0.15, 0.2) is 11.5 Å². The van der Waals surface area contributed by atoms with Gasteiger partial charge >= 0.3 is 6.09 Å². The van der Waals surface area contributed by atoms with Crippen molar-refractivity contribution in [1.82, 2.24) is 24.5 Å². The number of rotatable bonds is 5. The van der Waals surface area contributed by atoms with Crippen LogP contribution in [0.4, 0.5) is 10.5 Å². The van der Waals surface area contributed by atoms with Crippen molar-refractivity contribution in [1.29, 1.82) is 0 Å². The number of ether oxygens (including phenoxy) is 2. The lowest BCUT2D eigenvalue weighted by atomic mass is 9.84. The van der Waals surface area contributed by atoms with E-state index in [-0.39, 0.29) is 6.09 Å². The van der Waals surface area contributed by atoms with Crippen molar-refractivity contribution < 1.29 is 19.4 Å². The van der Waals surface area contributed by atoms with Crippen LogP contribution in [0.1, 0.15) is 50.4 Å². The summed E-state index contributed by atoms with van der Waals surface area (Å²) in [5.41, 5.74) is 7.30. The molecule has 4 heterocycles. The molecular weight excluding hydrogens is 524 g/mol. The average molecular weight is 559 g/mol. The highest BCUT2D eigenvalue weighted by Crippen LogP contribution is 2.36. The Hall–Kier alpha value is -4.71. The highest BCUT2D eigenvalue weighted by atomic mass is 16.6. The van der Waals surface area contributed by atoms with E-state index >= 15 is 0 Å². The number of carbonyl (C=O) groups is 1. The smallest absolute Gasteiger partial charge is 0.410 e. The van der Waals surface area contributed by atoms with Crippen LogP contribution >= 0.6 is 0 Å². The van der Waals surface area contributed by atoms with Gasteiger partial charge in [-0.25, -0.2) is 24.3 Å². The molecule has 3 aromatic heterocycles. The maximum atomic E-state index is 12.5.